The standard InChI is InChI=1S/C16H19N3O2/c1-10(2)12-7-5-6-11(3)15(12)19-14-9-17-8-13(18-14)16(20)21-4/h5-10H,1-4H3,(H,18,19). The summed E-state index contributed by atoms with van der Waals surface area (Å²) in [5.41, 5.74) is 3.50. The fourth-order valence-electron chi connectivity index (χ4n) is 2.10. The Morgan fingerprint density at radius 1 is 1.29 bits per heavy atom. The lowest BCUT2D eigenvalue weighted by Gasteiger charge is -2.16. The van der Waals surface area contributed by atoms with Gasteiger partial charge in [0.1, 0.15) is 5.82 Å². The van der Waals surface area contributed by atoms with Crippen molar-refractivity contribution >= 4 is 17.5 Å². The molecule has 0 aliphatic carbocycles. The van der Waals surface area contributed by atoms with E-state index in [9.17, 15) is 4.79 Å². The normalized spacial score (nSPS) is 10.5. The third-order valence-corrected chi connectivity index (χ3v) is 3.21. The molecule has 1 aromatic heterocycles. The first kappa shape index (κ1) is 15.0. The molecule has 1 N–H and O–H groups in total. The number of esters is 1. The van der Waals surface area contributed by atoms with Crippen molar-refractivity contribution in [1.29, 1.82) is 0 Å². The fourth-order valence-corrected chi connectivity index (χ4v) is 2.10. The van der Waals surface area contributed by atoms with Gasteiger partial charge in [-0.1, -0.05) is 32.0 Å². The molecule has 0 aliphatic rings. The van der Waals surface area contributed by atoms with Crippen LogP contribution >= 0.6 is 0 Å². The summed E-state index contributed by atoms with van der Waals surface area (Å²) in [5, 5.41) is 3.26. The zero-order chi connectivity index (χ0) is 15.4. The van der Waals surface area contributed by atoms with Gasteiger partial charge >= 0.3 is 5.97 Å². The Morgan fingerprint density at radius 3 is 2.71 bits per heavy atom. The highest BCUT2D eigenvalue weighted by atomic mass is 16.5. The molecular weight excluding hydrogens is 266 g/mol. The first-order valence-corrected chi connectivity index (χ1v) is 6.79. The van der Waals surface area contributed by atoms with Crippen LogP contribution in [0.1, 0.15) is 41.4 Å². The third kappa shape index (κ3) is 3.37. The van der Waals surface area contributed by atoms with Gasteiger partial charge in [0.25, 0.3) is 0 Å². The van der Waals surface area contributed by atoms with Gasteiger partial charge in [-0.3, -0.25) is 4.98 Å². The van der Waals surface area contributed by atoms with E-state index in [2.05, 4.69) is 39.9 Å². The first-order valence-electron chi connectivity index (χ1n) is 6.79. The van der Waals surface area contributed by atoms with E-state index in [1.807, 2.05) is 19.1 Å². The number of rotatable bonds is 4. The highest BCUT2D eigenvalue weighted by molar-refractivity contribution is 5.87. The predicted molar refractivity (Wildman–Crippen MR) is 81.9 cm³/mol. The van der Waals surface area contributed by atoms with Crippen molar-refractivity contribution in [2.24, 2.45) is 0 Å². The average Bonchev–Trinajstić information content (AvgIpc) is 2.48. The number of carbonyl (C=O) groups is 1. The second-order valence-corrected chi connectivity index (χ2v) is 5.10. The van der Waals surface area contributed by atoms with E-state index >= 15 is 0 Å². The summed E-state index contributed by atoms with van der Waals surface area (Å²) in [5.74, 6) is 0.401. The van der Waals surface area contributed by atoms with E-state index < -0.39 is 5.97 Å². The monoisotopic (exact) mass is 285 g/mol. The number of anilines is 2. The van der Waals surface area contributed by atoms with Crippen molar-refractivity contribution in [2.75, 3.05) is 12.4 Å². The second kappa shape index (κ2) is 6.35. The molecular formula is C16H19N3O2. The summed E-state index contributed by atoms with van der Waals surface area (Å²) in [7, 11) is 1.32. The van der Waals surface area contributed by atoms with Crippen LogP contribution in [0.25, 0.3) is 0 Å². The van der Waals surface area contributed by atoms with Crippen LogP contribution in [-0.2, 0) is 4.74 Å². The maximum atomic E-state index is 11.5. The molecule has 0 saturated carbocycles. The van der Waals surface area contributed by atoms with Crippen LogP contribution in [0.15, 0.2) is 30.6 Å². The number of methoxy groups -OCH3 is 1. The van der Waals surface area contributed by atoms with Gasteiger partial charge in [0.15, 0.2) is 5.69 Å². The molecule has 0 saturated heterocycles. The Hall–Kier alpha value is -2.43. The summed E-state index contributed by atoms with van der Waals surface area (Å²) in [6.07, 6.45) is 2.97. The minimum absolute atomic E-state index is 0.183. The first-order chi connectivity index (χ1) is 10.0. The van der Waals surface area contributed by atoms with E-state index in [-0.39, 0.29) is 5.69 Å². The quantitative estimate of drug-likeness (QED) is 0.872. The van der Waals surface area contributed by atoms with Crippen molar-refractivity contribution in [1.82, 2.24) is 9.97 Å². The van der Waals surface area contributed by atoms with Gasteiger partial charge in [0.05, 0.1) is 19.5 Å². The Bertz CT molecular complexity index is 654. The molecule has 0 spiro atoms. The third-order valence-electron chi connectivity index (χ3n) is 3.21. The SMILES string of the molecule is COC(=O)c1cncc(Nc2c(C)cccc2C(C)C)n1. The molecule has 0 bridgehead atoms. The summed E-state index contributed by atoms with van der Waals surface area (Å²) in [6, 6.07) is 6.15. The Morgan fingerprint density at radius 2 is 2.05 bits per heavy atom. The lowest BCUT2D eigenvalue weighted by Crippen LogP contribution is -2.08. The maximum Gasteiger partial charge on any atom is 0.358 e. The number of hydrogen-bond donors (Lipinski definition) is 1. The average molecular weight is 285 g/mol. The molecule has 0 radical (unpaired) electrons. The van der Waals surface area contributed by atoms with Crippen molar-refractivity contribution < 1.29 is 9.53 Å². The number of nitrogens with one attached hydrogen (secondary N) is 1. The van der Waals surface area contributed by atoms with Crippen LogP contribution in [0, 0.1) is 6.92 Å². The molecule has 2 aromatic rings. The smallest absolute Gasteiger partial charge is 0.358 e. The maximum absolute atomic E-state index is 11.5. The number of hydrogen-bond acceptors (Lipinski definition) is 5. The minimum Gasteiger partial charge on any atom is -0.464 e. The topological polar surface area (TPSA) is 64.1 Å². The van der Waals surface area contributed by atoms with Crippen LogP contribution in [0.3, 0.4) is 0 Å². The van der Waals surface area contributed by atoms with Gasteiger partial charge in [0.2, 0.25) is 0 Å². The van der Waals surface area contributed by atoms with Crippen molar-refractivity contribution in [3.05, 3.63) is 47.4 Å². The summed E-state index contributed by atoms with van der Waals surface area (Å²) in [4.78, 5) is 19.8. The van der Waals surface area contributed by atoms with Gasteiger partial charge in [-0.15, -0.1) is 0 Å². The van der Waals surface area contributed by atoms with Crippen molar-refractivity contribution in [3.8, 4) is 0 Å². The summed E-state index contributed by atoms with van der Waals surface area (Å²) < 4.78 is 4.66. The van der Waals surface area contributed by atoms with Crippen molar-refractivity contribution in [3.63, 3.8) is 0 Å². The minimum atomic E-state index is -0.500. The largest absolute Gasteiger partial charge is 0.464 e. The number of benzene rings is 1. The molecule has 0 atom stereocenters. The molecule has 21 heavy (non-hydrogen) atoms. The number of carbonyl (C=O) groups excluding carboxylic acids is 1. The number of aromatic nitrogens is 2. The molecule has 0 unspecified atom stereocenters. The van der Waals surface area contributed by atoms with E-state index in [4.69, 9.17) is 0 Å². The van der Waals surface area contributed by atoms with Crippen molar-refractivity contribution in [2.45, 2.75) is 26.7 Å². The predicted octanol–water partition coefficient (Wildman–Crippen LogP) is 3.44. The molecule has 5 nitrogen and oxygen atoms in total. The number of aryl methyl sites for hydroxylation is 1. The van der Waals surface area contributed by atoms with Crippen LogP contribution in [0.4, 0.5) is 11.5 Å². The molecule has 1 heterocycles. The summed E-state index contributed by atoms with van der Waals surface area (Å²) >= 11 is 0. The number of nitrogens with zero attached hydrogens (tertiary/aromatic N) is 2. The molecule has 0 fully saturated rings. The number of ether oxygens (including phenoxy) is 1. The zero-order valence-corrected chi connectivity index (χ0v) is 12.7. The Labute approximate surface area is 124 Å². The van der Waals surface area contributed by atoms with Gasteiger partial charge in [0, 0.05) is 5.69 Å². The fraction of sp³-hybridized carbons (Fsp3) is 0.312. The lowest BCUT2D eigenvalue weighted by molar-refractivity contribution is 0.0593. The zero-order valence-electron chi connectivity index (χ0n) is 12.7. The molecule has 110 valence electrons. The van der Waals surface area contributed by atoms with E-state index in [1.54, 1.807) is 6.20 Å². The van der Waals surface area contributed by atoms with Crippen LogP contribution < -0.4 is 5.32 Å². The van der Waals surface area contributed by atoms with E-state index in [0.29, 0.717) is 11.7 Å². The van der Waals surface area contributed by atoms with Crippen LogP contribution in [0.2, 0.25) is 0 Å². The summed E-state index contributed by atoms with van der Waals surface area (Å²) in [6.45, 7) is 6.30. The highest BCUT2D eigenvalue weighted by Crippen LogP contribution is 2.29. The Balaban J connectivity index is 2.37. The van der Waals surface area contributed by atoms with Crippen LogP contribution in [0.5, 0.6) is 0 Å². The molecule has 1 aromatic carbocycles. The van der Waals surface area contributed by atoms with Gasteiger partial charge < -0.3 is 10.1 Å². The van der Waals surface area contributed by atoms with Gasteiger partial charge in [-0.2, -0.15) is 0 Å². The Kier molecular flexibility index (Phi) is 4.52. The highest BCUT2D eigenvalue weighted by Gasteiger charge is 2.12. The molecule has 0 amide bonds. The number of para-hydroxylation sites is 1. The molecule has 5 heteroatoms. The lowest BCUT2D eigenvalue weighted by atomic mass is 9.98. The van der Waals surface area contributed by atoms with Gasteiger partial charge in [-0.05, 0) is 24.0 Å². The van der Waals surface area contributed by atoms with E-state index in [1.165, 1.54) is 18.9 Å². The molecule has 2 rings (SSSR count). The second-order valence-electron chi connectivity index (χ2n) is 5.10. The molecule has 0 aliphatic heterocycles. The van der Waals surface area contributed by atoms with Gasteiger partial charge in [-0.25, -0.2) is 9.78 Å². The van der Waals surface area contributed by atoms with Crippen LogP contribution in [-0.4, -0.2) is 23.0 Å². The van der Waals surface area contributed by atoms with E-state index in [0.717, 1.165) is 11.3 Å².